The van der Waals surface area contributed by atoms with Crippen LogP contribution in [0.1, 0.15) is 32.1 Å². The highest BCUT2D eigenvalue weighted by Gasteiger charge is 2.11. The Morgan fingerprint density at radius 2 is 2.19 bits per heavy atom. The molecule has 0 radical (unpaired) electrons. The van der Waals surface area contributed by atoms with Crippen molar-refractivity contribution < 1.29 is 9.53 Å². The lowest BCUT2D eigenvalue weighted by molar-refractivity contribution is -0.127. The summed E-state index contributed by atoms with van der Waals surface area (Å²) < 4.78 is 5.59. The van der Waals surface area contributed by atoms with Crippen LogP contribution in [0.3, 0.4) is 0 Å². The molecule has 1 aliphatic carbocycles. The zero-order valence-corrected chi connectivity index (χ0v) is 9.78. The molecule has 0 aromatic carbocycles. The van der Waals surface area contributed by atoms with Gasteiger partial charge in [-0.3, -0.25) is 4.79 Å². The molecule has 0 aliphatic heterocycles. The van der Waals surface area contributed by atoms with Gasteiger partial charge in [0.2, 0.25) is 5.91 Å². The third-order valence-electron chi connectivity index (χ3n) is 2.64. The number of carbonyl (C=O) groups excluding carboxylic acids is 1. The number of hydrogen-bond donors (Lipinski definition) is 2. The van der Waals surface area contributed by atoms with E-state index in [0.29, 0.717) is 13.1 Å². The molecule has 1 amide bonds. The van der Waals surface area contributed by atoms with Crippen molar-refractivity contribution in [1.82, 2.24) is 5.32 Å². The molecule has 0 saturated heterocycles. The second-order valence-electron chi connectivity index (χ2n) is 4.05. The van der Waals surface area contributed by atoms with Gasteiger partial charge in [0.25, 0.3) is 0 Å². The van der Waals surface area contributed by atoms with Crippen molar-refractivity contribution in [3.8, 4) is 0 Å². The highest BCUT2D eigenvalue weighted by atomic mass is 16.5. The summed E-state index contributed by atoms with van der Waals surface area (Å²) in [6.07, 6.45) is 10.0. The highest BCUT2D eigenvalue weighted by molar-refractivity contribution is 5.77. The first kappa shape index (κ1) is 13.2. The molecule has 0 fully saturated rings. The van der Waals surface area contributed by atoms with E-state index in [1.165, 1.54) is 0 Å². The van der Waals surface area contributed by atoms with Crippen LogP contribution in [-0.4, -0.2) is 31.7 Å². The minimum atomic E-state index is -0.0666. The molecule has 92 valence electrons. The molecular weight excluding hydrogens is 204 g/mol. The molecule has 0 saturated carbocycles. The van der Waals surface area contributed by atoms with E-state index in [2.05, 4.69) is 17.5 Å². The summed E-state index contributed by atoms with van der Waals surface area (Å²) in [5.41, 5.74) is 5.29. The van der Waals surface area contributed by atoms with Crippen LogP contribution >= 0.6 is 0 Å². The highest BCUT2D eigenvalue weighted by Crippen LogP contribution is 2.15. The number of amides is 1. The molecule has 1 rings (SSSR count). The van der Waals surface area contributed by atoms with Crippen LogP contribution in [0, 0.1) is 0 Å². The summed E-state index contributed by atoms with van der Waals surface area (Å²) in [6.45, 7) is 1.16. The first-order chi connectivity index (χ1) is 7.83. The maximum absolute atomic E-state index is 11.3. The monoisotopic (exact) mass is 226 g/mol. The predicted octanol–water partition coefficient (Wildman–Crippen LogP) is 0.967. The number of nitrogens with one attached hydrogen (secondary N) is 1. The fraction of sp³-hybridized carbons (Fsp3) is 0.750. The summed E-state index contributed by atoms with van der Waals surface area (Å²) in [7, 11) is 0. The zero-order chi connectivity index (χ0) is 11.6. The maximum atomic E-state index is 11.3. The van der Waals surface area contributed by atoms with Crippen LogP contribution in [0.25, 0.3) is 0 Å². The number of nitrogens with two attached hydrogens (primary N) is 1. The van der Waals surface area contributed by atoms with Crippen molar-refractivity contribution in [3.05, 3.63) is 12.2 Å². The fourth-order valence-electron chi connectivity index (χ4n) is 1.75. The van der Waals surface area contributed by atoms with Gasteiger partial charge in [0, 0.05) is 13.1 Å². The fourth-order valence-corrected chi connectivity index (χ4v) is 1.75. The molecule has 1 atom stereocenters. The third kappa shape index (κ3) is 5.88. The van der Waals surface area contributed by atoms with Crippen molar-refractivity contribution in [3.63, 3.8) is 0 Å². The third-order valence-corrected chi connectivity index (χ3v) is 2.64. The molecule has 16 heavy (non-hydrogen) atoms. The van der Waals surface area contributed by atoms with Crippen LogP contribution in [0.15, 0.2) is 12.2 Å². The van der Waals surface area contributed by atoms with Crippen molar-refractivity contribution >= 4 is 5.91 Å². The van der Waals surface area contributed by atoms with Gasteiger partial charge in [0.1, 0.15) is 6.61 Å². The summed E-state index contributed by atoms with van der Waals surface area (Å²) >= 11 is 0. The normalized spacial score (nSPS) is 23.2. The molecule has 4 heteroatoms. The Balaban J connectivity index is 2.15. The second-order valence-corrected chi connectivity index (χ2v) is 4.05. The first-order valence-corrected chi connectivity index (χ1v) is 6.06. The molecule has 0 aromatic heterocycles. The Morgan fingerprint density at radius 3 is 3.00 bits per heavy atom. The number of rotatable bonds is 5. The lowest BCUT2D eigenvalue weighted by Crippen LogP contribution is -2.33. The predicted molar refractivity (Wildman–Crippen MR) is 64.0 cm³/mol. The number of ether oxygens (including phenoxy) is 1. The SMILES string of the molecule is NCCNC(=O)CO[C@H]1CC/C=C\CCC1. The smallest absolute Gasteiger partial charge is 0.246 e. The van der Waals surface area contributed by atoms with E-state index >= 15 is 0 Å². The number of hydrogen-bond acceptors (Lipinski definition) is 3. The molecule has 1 aliphatic rings. The first-order valence-electron chi connectivity index (χ1n) is 6.06. The lowest BCUT2D eigenvalue weighted by atomic mass is 10.0. The van der Waals surface area contributed by atoms with E-state index in [4.69, 9.17) is 10.5 Å². The lowest BCUT2D eigenvalue weighted by Gasteiger charge is -2.18. The van der Waals surface area contributed by atoms with Crippen molar-refractivity contribution in [1.29, 1.82) is 0 Å². The summed E-state index contributed by atoms with van der Waals surface area (Å²) in [4.78, 5) is 11.3. The van der Waals surface area contributed by atoms with Gasteiger partial charge in [-0.1, -0.05) is 12.2 Å². The van der Waals surface area contributed by atoms with Gasteiger partial charge in [0.15, 0.2) is 0 Å². The van der Waals surface area contributed by atoms with E-state index in [9.17, 15) is 4.79 Å². The number of allylic oxidation sites excluding steroid dienone is 2. The summed E-state index contributed by atoms with van der Waals surface area (Å²) in [5, 5.41) is 2.70. The summed E-state index contributed by atoms with van der Waals surface area (Å²) in [5.74, 6) is -0.0666. The molecule has 0 spiro atoms. The van der Waals surface area contributed by atoms with Crippen molar-refractivity contribution in [2.45, 2.75) is 38.2 Å². The van der Waals surface area contributed by atoms with Crippen LogP contribution in [0.4, 0.5) is 0 Å². The van der Waals surface area contributed by atoms with Crippen molar-refractivity contribution in [2.24, 2.45) is 5.73 Å². The Labute approximate surface area is 97.2 Å². The van der Waals surface area contributed by atoms with Gasteiger partial charge in [-0.05, 0) is 32.1 Å². The van der Waals surface area contributed by atoms with E-state index in [0.717, 1.165) is 32.1 Å². The molecule has 4 nitrogen and oxygen atoms in total. The van der Waals surface area contributed by atoms with E-state index in [1.54, 1.807) is 0 Å². The molecule has 0 bridgehead atoms. The van der Waals surface area contributed by atoms with Gasteiger partial charge in [0.05, 0.1) is 6.10 Å². The average molecular weight is 226 g/mol. The topological polar surface area (TPSA) is 64.3 Å². The summed E-state index contributed by atoms with van der Waals surface area (Å²) in [6, 6.07) is 0. The minimum absolute atomic E-state index is 0.0666. The quantitative estimate of drug-likeness (QED) is 0.686. The number of carbonyl (C=O) groups is 1. The Morgan fingerprint density at radius 1 is 1.38 bits per heavy atom. The Hall–Kier alpha value is -0.870. The largest absolute Gasteiger partial charge is 0.368 e. The average Bonchev–Trinajstić information content (AvgIpc) is 2.25. The van der Waals surface area contributed by atoms with Crippen LogP contribution in [-0.2, 0) is 9.53 Å². The molecule has 0 aromatic rings. The van der Waals surface area contributed by atoms with E-state index in [-0.39, 0.29) is 18.6 Å². The van der Waals surface area contributed by atoms with Crippen LogP contribution in [0.5, 0.6) is 0 Å². The Bertz CT molecular complexity index is 229. The zero-order valence-electron chi connectivity index (χ0n) is 9.78. The second kappa shape index (κ2) is 8.30. The maximum Gasteiger partial charge on any atom is 0.246 e. The Kier molecular flexibility index (Phi) is 6.85. The van der Waals surface area contributed by atoms with Crippen LogP contribution in [0.2, 0.25) is 0 Å². The minimum Gasteiger partial charge on any atom is -0.368 e. The standard InChI is InChI=1S/C12H22N2O2/c13-8-9-14-12(15)10-16-11-6-4-2-1-3-5-7-11/h1-2,11H,3-10,13H2,(H,14,15)/b2-1-/t11-/m0/s1. The van der Waals surface area contributed by atoms with Gasteiger partial charge in [-0.25, -0.2) is 0 Å². The molecular formula is C12H22N2O2. The molecule has 0 unspecified atom stereocenters. The van der Waals surface area contributed by atoms with E-state index in [1.807, 2.05) is 0 Å². The van der Waals surface area contributed by atoms with Crippen molar-refractivity contribution in [2.75, 3.05) is 19.7 Å². The van der Waals surface area contributed by atoms with Gasteiger partial charge in [-0.15, -0.1) is 0 Å². The van der Waals surface area contributed by atoms with E-state index < -0.39 is 0 Å². The van der Waals surface area contributed by atoms with Gasteiger partial charge in [-0.2, -0.15) is 0 Å². The molecule has 3 N–H and O–H groups in total. The van der Waals surface area contributed by atoms with Gasteiger partial charge < -0.3 is 15.8 Å². The van der Waals surface area contributed by atoms with Crippen LogP contribution < -0.4 is 11.1 Å². The van der Waals surface area contributed by atoms with Gasteiger partial charge >= 0.3 is 0 Å². The molecule has 0 heterocycles.